The summed E-state index contributed by atoms with van der Waals surface area (Å²) in [6.45, 7) is 10.3. The average molecular weight is 789 g/mol. The summed E-state index contributed by atoms with van der Waals surface area (Å²) in [7, 11) is 0. The van der Waals surface area contributed by atoms with Gasteiger partial charge in [-0.25, -0.2) is 9.59 Å². The molecule has 1 saturated carbocycles. The first-order valence-electron chi connectivity index (χ1n) is 13.5. The number of esters is 1. The third-order valence-electron chi connectivity index (χ3n) is 5.64. The summed E-state index contributed by atoms with van der Waals surface area (Å²) in [4.78, 5) is 60.8. The molecule has 0 heterocycles. The number of carbonyl (C=O) groups is 6. The smallest absolute Gasteiger partial charge is 0.677 e. The van der Waals surface area contributed by atoms with Crippen molar-refractivity contribution in [1.29, 1.82) is 0 Å². The van der Waals surface area contributed by atoms with Crippen molar-refractivity contribution in [1.82, 2.24) is 0 Å². The van der Waals surface area contributed by atoms with E-state index in [0.717, 1.165) is 31.7 Å². The van der Waals surface area contributed by atoms with Crippen LogP contribution in [-0.2, 0) is 56.3 Å². The van der Waals surface area contributed by atoms with E-state index in [2.05, 4.69) is 13.5 Å². The first-order chi connectivity index (χ1) is 19.6. The molecule has 0 saturated heterocycles. The molecule has 1 aliphatic rings. The predicted octanol–water partition coefficient (Wildman–Crippen LogP) is 5.38. The number of Topliss-reactive ketones (excluding diaryl/α,β-unsaturated/α-hetero) is 1. The van der Waals surface area contributed by atoms with E-state index in [1.165, 1.54) is 19.3 Å². The molecule has 0 aliphatic heterocycles. The number of carboxylic acid groups (broad SMARTS) is 4. The largest absolute Gasteiger partial charge is 2.00 e. The molecule has 5 N–H and O–H groups in total. The van der Waals surface area contributed by atoms with Gasteiger partial charge in [0.05, 0.1) is 0 Å². The van der Waals surface area contributed by atoms with Gasteiger partial charge in [0.2, 0.25) is 0 Å². The molecule has 12 nitrogen and oxygen atoms in total. The second kappa shape index (κ2) is 26.3. The average Bonchev–Trinajstić information content (AvgIpc) is 2.90. The molecule has 2 rings (SSSR count). The summed E-state index contributed by atoms with van der Waals surface area (Å²) in [6.07, 6.45) is 8.33. The van der Waals surface area contributed by atoms with Gasteiger partial charge in [-0.3, -0.25) is 19.2 Å². The Morgan fingerprint density at radius 2 is 1.35 bits per heavy atom. The van der Waals surface area contributed by atoms with Gasteiger partial charge >= 0.3 is 44.9 Å². The van der Waals surface area contributed by atoms with E-state index >= 15 is 0 Å². The van der Waals surface area contributed by atoms with Gasteiger partial charge < -0.3 is 37.8 Å². The minimum Gasteiger partial charge on any atom is -0.677 e. The van der Waals surface area contributed by atoms with E-state index in [1.807, 2.05) is 0 Å². The summed E-state index contributed by atoms with van der Waals surface area (Å²) < 4.78 is 5.22. The Kier molecular flexibility index (Phi) is 26.9. The van der Waals surface area contributed by atoms with Crippen LogP contribution in [0, 0.1) is 12.8 Å². The van der Waals surface area contributed by atoms with Crippen molar-refractivity contribution in [3.63, 3.8) is 0 Å². The molecule has 0 radical (unpaired) electrons. The van der Waals surface area contributed by atoms with E-state index in [0.29, 0.717) is 42.9 Å². The molecule has 244 valence electrons. The van der Waals surface area contributed by atoms with Crippen LogP contribution in [-0.4, -0.2) is 62.1 Å². The van der Waals surface area contributed by atoms with Crippen molar-refractivity contribution < 1.29 is 75.0 Å². The Labute approximate surface area is 266 Å². The number of nitrogens with one attached hydrogen (secondary N) is 1. The van der Waals surface area contributed by atoms with Gasteiger partial charge in [0, 0.05) is 26.2 Å². The zero-order valence-corrected chi connectivity index (χ0v) is 26.9. The molecule has 13 heteroatoms. The summed E-state index contributed by atoms with van der Waals surface area (Å²) in [5, 5.41) is 30.8. The van der Waals surface area contributed by atoms with E-state index < -0.39 is 23.9 Å². The maximum Gasteiger partial charge on any atom is 2.00 e. The third kappa shape index (κ3) is 28.5. The molecule has 0 amide bonds. The van der Waals surface area contributed by atoms with E-state index in [1.54, 1.807) is 31.2 Å². The van der Waals surface area contributed by atoms with Gasteiger partial charge in [0.15, 0.2) is 5.78 Å². The number of ether oxygens (including phenoxy) is 1. The minimum atomic E-state index is -1.82. The van der Waals surface area contributed by atoms with E-state index in [-0.39, 0.29) is 45.3 Å². The molecule has 1 aliphatic carbocycles. The van der Waals surface area contributed by atoms with Crippen LogP contribution in [0.3, 0.4) is 0 Å². The van der Waals surface area contributed by atoms with Gasteiger partial charge in [-0.15, -0.1) is 0 Å². The van der Waals surface area contributed by atoms with Crippen LogP contribution in [0.2, 0.25) is 0 Å². The monoisotopic (exact) mass is 788 g/mol. The van der Waals surface area contributed by atoms with E-state index in [9.17, 15) is 14.4 Å². The zero-order chi connectivity index (χ0) is 32.7. The molecule has 0 aromatic heterocycles. The summed E-state index contributed by atoms with van der Waals surface area (Å²) in [5.74, 6) is -4.68. The molecular weight excluding hydrogens is 745 g/mol. The number of hydrogen-bond donors (Lipinski definition) is 4. The second-order valence-corrected chi connectivity index (χ2v) is 9.56. The van der Waals surface area contributed by atoms with Crippen LogP contribution in [0.15, 0.2) is 36.4 Å². The number of carbonyl (C=O) groups excluding carboxylic acids is 2. The fraction of sp³-hybridized carbons (Fsp3) is 0.500. The SMILES string of the molecule is C=C(C)C(=O)CCCCCC(=O)Oc1ccc(CCC(=O)O)cc1.CC(=O)O.O=C(O)C(=O)O.[CH2-]C1CCCCC1[NH-].[Pt+2]. The van der Waals surface area contributed by atoms with Crippen LogP contribution in [0.5, 0.6) is 5.75 Å². The summed E-state index contributed by atoms with van der Waals surface area (Å²) >= 11 is 0. The molecular formula is C30H43NO11Pt. The Hall–Kier alpha value is -3.37. The fourth-order valence-electron chi connectivity index (χ4n) is 3.31. The standard InChI is InChI=1S/C19H24O5.C7H13N.C2H2O4.C2H4O2.Pt/c1-14(2)17(20)6-4-3-5-7-19(23)24-16-11-8-15(9-12-16)10-13-18(21)22;1-6-4-2-3-5-7(6)8;3-1(4)2(5)6;1-2(3)4;/h8-9,11-12H,1,3-7,10,13H2,2H3,(H,21,22);6-8H,1-5H2;(H,3,4)(H,5,6);1H3,(H,3,4);/q;-2;;;+2. The van der Waals surface area contributed by atoms with Crippen LogP contribution in [0.4, 0.5) is 0 Å². The van der Waals surface area contributed by atoms with Crippen LogP contribution in [0.1, 0.15) is 83.6 Å². The predicted molar refractivity (Wildman–Crippen MR) is 155 cm³/mol. The second-order valence-electron chi connectivity index (χ2n) is 9.56. The number of aryl methyl sites for hydroxylation is 1. The number of ketones is 1. The van der Waals surface area contributed by atoms with Crippen molar-refractivity contribution in [2.24, 2.45) is 5.92 Å². The zero-order valence-electron chi connectivity index (χ0n) is 24.6. The molecule has 0 spiro atoms. The van der Waals surface area contributed by atoms with Gasteiger partial charge in [-0.2, -0.15) is 12.0 Å². The number of hydrogen-bond acceptors (Lipinski definition) is 7. The third-order valence-corrected chi connectivity index (χ3v) is 5.64. The Balaban J connectivity index is -0.000000682. The van der Waals surface area contributed by atoms with Crippen molar-refractivity contribution in [3.8, 4) is 5.75 Å². The van der Waals surface area contributed by atoms with Gasteiger partial charge in [-0.1, -0.05) is 50.8 Å². The van der Waals surface area contributed by atoms with Crippen molar-refractivity contribution >= 4 is 35.6 Å². The van der Waals surface area contributed by atoms with Crippen molar-refractivity contribution in [2.45, 2.75) is 90.5 Å². The maximum atomic E-state index is 11.7. The number of carboxylic acids is 4. The van der Waals surface area contributed by atoms with Crippen LogP contribution < -0.4 is 4.74 Å². The first-order valence-corrected chi connectivity index (χ1v) is 13.5. The number of benzene rings is 1. The maximum absolute atomic E-state index is 11.7. The molecule has 1 aromatic carbocycles. The molecule has 2 atom stereocenters. The summed E-state index contributed by atoms with van der Waals surface area (Å²) in [6, 6.07) is 6.99. The Morgan fingerprint density at radius 1 is 0.860 bits per heavy atom. The Bertz CT molecular complexity index is 999. The molecule has 1 fully saturated rings. The van der Waals surface area contributed by atoms with Crippen molar-refractivity contribution in [3.05, 3.63) is 54.6 Å². The van der Waals surface area contributed by atoms with Gasteiger partial charge in [0.1, 0.15) is 5.75 Å². The fourth-order valence-corrected chi connectivity index (χ4v) is 3.31. The Morgan fingerprint density at radius 3 is 1.74 bits per heavy atom. The first kappa shape index (κ1) is 44.1. The molecule has 2 unspecified atom stereocenters. The number of unbranched alkanes of at least 4 members (excludes halogenated alkanes) is 2. The normalized spacial score (nSPS) is 14.7. The van der Waals surface area contributed by atoms with Gasteiger partial charge in [-0.05, 0) is 49.5 Å². The van der Waals surface area contributed by atoms with E-state index in [4.69, 9.17) is 45.3 Å². The number of rotatable bonds is 11. The molecule has 1 aromatic rings. The van der Waals surface area contributed by atoms with Crippen LogP contribution >= 0.6 is 0 Å². The summed E-state index contributed by atoms with van der Waals surface area (Å²) in [5.41, 5.74) is 8.87. The molecule has 0 bridgehead atoms. The van der Waals surface area contributed by atoms with Crippen molar-refractivity contribution in [2.75, 3.05) is 0 Å². The van der Waals surface area contributed by atoms with Gasteiger partial charge in [0.25, 0.3) is 5.97 Å². The minimum absolute atomic E-state index is 0. The number of allylic oxidation sites excluding steroid dienone is 1. The topological polar surface area (TPSA) is 216 Å². The van der Waals surface area contributed by atoms with Crippen LogP contribution in [0.25, 0.3) is 5.73 Å². The quantitative estimate of drug-likeness (QED) is 0.0558. The molecule has 43 heavy (non-hydrogen) atoms. The number of aliphatic carboxylic acids is 4.